The molecule has 0 bridgehead atoms. The summed E-state index contributed by atoms with van der Waals surface area (Å²) in [5.41, 5.74) is 5.01. The molecule has 0 unspecified atom stereocenters. The van der Waals surface area contributed by atoms with Crippen LogP contribution in [0.15, 0.2) is 24.3 Å². The second-order valence-corrected chi connectivity index (χ2v) is 2.46. The van der Waals surface area contributed by atoms with Crippen LogP contribution in [-0.4, -0.2) is 6.09 Å². The maximum atomic E-state index is 13.0. The summed E-state index contributed by atoms with van der Waals surface area (Å²) in [5.74, 6) is -0.443. The van der Waals surface area contributed by atoms with Gasteiger partial charge in [0.25, 0.3) is 0 Å². The maximum Gasteiger partial charge on any atom is 0.405 e. The number of halogens is 1. The lowest BCUT2D eigenvalue weighted by atomic mass is 10.1. The van der Waals surface area contributed by atoms with Crippen molar-refractivity contribution in [3.8, 4) is 0 Å². The van der Waals surface area contributed by atoms with Gasteiger partial charge in [-0.05, 0) is 13.0 Å². The van der Waals surface area contributed by atoms with Gasteiger partial charge < -0.3 is 10.5 Å². The van der Waals surface area contributed by atoms with Gasteiger partial charge in [0, 0.05) is 5.56 Å². The summed E-state index contributed by atoms with van der Waals surface area (Å²) in [6.45, 7) is 1.48. The van der Waals surface area contributed by atoms with E-state index in [9.17, 15) is 9.18 Å². The van der Waals surface area contributed by atoms with Crippen LogP contribution >= 0.6 is 0 Å². The molecule has 0 atom stereocenters. The highest BCUT2D eigenvalue weighted by molar-refractivity contribution is 5.66. The molecule has 0 aliphatic carbocycles. The molecule has 2 N–H and O–H groups in total. The van der Waals surface area contributed by atoms with Gasteiger partial charge in [-0.25, -0.2) is 9.18 Å². The van der Waals surface area contributed by atoms with Crippen molar-refractivity contribution in [3.05, 3.63) is 41.8 Å². The van der Waals surface area contributed by atoms with Crippen LogP contribution < -0.4 is 5.73 Å². The van der Waals surface area contributed by atoms with Crippen LogP contribution in [-0.2, 0) is 4.74 Å². The molecule has 1 radical (unpaired) electrons. The van der Waals surface area contributed by atoms with Crippen molar-refractivity contribution >= 4 is 6.09 Å². The molecule has 0 saturated carbocycles. The topological polar surface area (TPSA) is 52.3 Å². The molecule has 69 valence electrons. The minimum absolute atomic E-state index is 0.158. The third-order valence-electron chi connectivity index (χ3n) is 1.51. The van der Waals surface area contributed by atoms with Gasteiger partial charge in [-0.1, -0.05) is 18.2 Å². The zero-order valence-corrected chi connectivity index (χ0v) is 7.08. The molecule has 4 heteroatoms. The number of ether oxygens (including phenoxy) is 1. The number of rotatable bonds is 2. The van der Waals surface area contributed by atoms with Crippen molar-refractivity contribution < 1.29 is 13.9 Å². The first kappa shape index (κ1) is 9.51. The smallest absolute Gasteiger partial charge is 0.405 e. The fraction of sp³-hybridized carbons (Fsp3) is 0.111. The second-order valence-electron chi connectivity index (χ2n) is 2.46. The number of hydrogen-bond acceptors (Lipinski definition) is 2. The van der Waals surface area contributed by atoms with E-state index in [-0.39, 0.29) is 11.7 Å². The molecular formula is C9H9FNO2. The Hall–Kier alpha value is -1.58. The highest BCUT2D eigenvalue weighted by atomic mass is 19.1. The van der Waals surface area contributed by atoms with Crippen molar-refractivity contribution in [1.29, 1.82) is 0 Å². The van der Waals surface area contributed by atoms with E-state index in [2.05, 4.69) is 4.74 Å². The molecule has 3 nitrogen and oxygen atoms in total. The Morgan fingerprint density at radius 1 is 1.46 bits per heavy atom. The highest BCUT2D eigenvalue weighted by Gasteiger charge is 2.14. The van der Waals surface area contributed by atoms with E-state index in [0.29, 0.717) is 0 Å². The van der Waals surface area contributed by atoms with Crippen molar-refractivity contribution in [2.45, 2.75) is 6.92 Å². The van der Waals surface area contributed by atoms with Gasteiger partial charge in [0.2, 0.25) is 0 Å². The number of amides is 1. The number of benzene rings is 1. The second kappa shape index (κ2) is 3.89. The molecular weight excluding hydrogens is 173 g/mol. The predicted octanol–water partition coefficient (Wildman–Crippen LogP) is 1.82. The minimum atomic E-state index is -0.944. The van der Waals surface area contributed by atoms with E-state index in [4.69, 9.17) is 5.73 Å². The van der Waals surface area contributed by atoms with Crippen LogP contribution in [0.1, 0.15) is 12.5 Å². The van der Waals surface area contributed by atoms with Crippen molar-refractivity contribution in [1.82, 2.24) is 0 Å². The van der Waals surface area contributed by atoms with Crippen LogP contribution in [0.2, 0.25) is 0 Å². The zero-order chi connectivity index (χ0) is 9.84. The van der Waals surface area contributed by atoms with Gasteiger partial charge >= 0.3 is 6.09 Å². The lowest BCUT2D eigenvalue weighted by Crippen LogP contribution is -2.16. The van der Waals surface area contributed by atoms with E-state index in [0.717, 1.165) is 0 Å². The summed E-state index contributed by atoms with van der Waals surface area (Å²) in [6, 6.07) is 5.99. The molecule has 0 aliphatic heterocycles. The fourth-order valence-electron chi connectivity index (χ4n) is 0.953. The molecule has 13 heavy (non-hydrogen) atoms. The van der Waals surface area contributed by atoms with Crippen molar-refractivity contribution in [2.24, 2.45) is 5.73 Å². The molecule has 1 aromatic carbocycles. The van der Waals surface area contributed by atoms with Crippen LogP contribution in [0.4, 0.5) is 9.18 Å². The zero-order valence-electron chi connectivity index (χ0n) is 7.08. The third-order valence-corrected chi connectivity index (χ3v) is 1.51. The molecule has 0 heterocycles. The Balaban J connectivity index is 2.82. The SMILES string of the molecule is C[C](OC(N)=O)c1ccccc1F. The molecule has 1 amide bonds. The highest BCUT2D eigenvalue weighted by Crippen LogP contribution is 2.18. The van der Waals surface area contributed by atoms with Crippen molar-refractivity contribution in [2.75, 3.05) is 0 Å². The molecule has 0 spiro atoms. The molecule has 0 aliphatic rings. The van der Waals surface area contributed by atoms with Gasteiger partial charge in [-0.15, -0.1) is 0 Å². The summed E-state index contributed by atoms with van der Waals surface area (Å²) in [5, 5.41) is 0. The lowest BCUT2D eigenvalue weighted by Gasteiger charge is -2.10. The first-order chi connectivity index (χ1) is 6.11. The monoisotopic (exact) mass is 182 g/mol. The largest absolute Gasteiger partial charge is 0.434 e. The molecule has 0 saturated heterocycles. The van der Waals surface area contributed by atoms with Crippen LogP contribution in [0, 0.1) is 11.9 Å². The van der Waals surface area contributed by atoms with E-state index in [1.807, 2.05) is 0 Å². The average Bonchev–Trinajstić information content (AvgIpc) is 2.03. The first-order valence-electron chi connectivity index (χ1n) is 3.67. The fourth-order valence-corrected chi connectivity index (χ4v) is 0.953. The van der Waals surface area contributed by atoms with Gasteiger partial charge in [-0.2, -0.15) is 0 Å². The van der Waals surface area contributed by atoms with Gasteiger partial charge in [0.1, 0.15) is 5.82 Å². The Bertz CT molecular complexity index is 314. The molecule has 0 fully saturated rings. The summed E-state index contributed by atoms with van der Waals surface area (Å²) >= 11 is 0. The van der Waals surface area contributed by atoms with Crippen molar-refractivity contribution in [3.63, 3.8) is 0 Å². The van der Waals surface area contributed by atoms with Crippen LogP contribution in [0.25, 0.3) is 0 Å². The van der Waals surface area contributed by atoms with E-state index in [1.165, 1.54) is 19.1 Å². The van der Waals surface area contributed by atoms with Gasteiger partial charge in [0.05, 0.1) is 0 Å². The molecule has 1 aromatic rings. The minimum Gasteiger partial charge on any atom is -0.434 e. The Morgan fingerprint density at radius 2 is 2.08 bits per heavy atom. The van der Waals surface area contributed by atoms with Gasteiger partial charge in [0.15, 0.2) is 6.10 Å². The number of nitrogens with two attached hydrogens (primary N) is 1. The first-order valence-corrected chi connectivity index (χ1v) is 3.67. The Labute approximate surface area is 75.3 Å². The Kier molecular flexibility index (Phi) is 2.84. The number of carbonyl (C=O) groups is 1. The molecule has 0 aromatic heterocycles. The summed E-state index contributed by atoms with van der Waals surface area (Å²) in [6.07, 6.45) is -0.786. The van der Waals surface area contributed by atoms with Crippen LogP contribution in [0.3, 0.4) is 0 Å². The molecule has 1 rings (SSSR count). The standard InChI is InChI=1S/C9H9FNO2/c1-6(13-9(11)12)7-4-2-3-5-8(7)10/h2-5H,1H3,(H2,11,12). The Morgan fingerprint density at radius 3 is 2.62 bits per heavy atom. The maximum absolute atomic E-state index is 13.0. The number of carbonyl (C=O) groups excluding carboxylic acids is 1. The average molecular weight is 182 g/mol. The number of primary amides is 1. The summed E-state index contributed by atoms with van der Waals surface area (Å²) in [7, 11) is 0. The normalized spacial score (nSPS) is 10.1. The summed E-state index contributed by atoms with van der Waals surface area (Å²) < 4.78 is 17.6. The lowest BCUT2D eigenvalue weighted by molar-refractivity contribution is 0.170. The van der Waals surface area contributed by atoms with Crippen LogP contribution in [0.5, 0.6) is 0 Å². The van der Waals surface area contributed by atoms with E-state index in [1.54, 1.807) is 12.1 Å². The quantitative estimate of drug-likeness (QED) is 0.758. The predicted molar refractivity (Wildman–Crippen MR) is 45.1 cm³/mol. The number of hydrogen-bond donors (Lipinski definition) is 1. The van der Waals surface area contributed by atoms with E-state index < -0.39 is 11.9 Å². The third kappa shape index (κ3) is 2.43. The summed E-state index contributed by atoms with van der Waals surface area (Å²) in [4.78, 5) is 10.4. The van der Waals surface area contributed by atoms with E-state index >= 15 is 0 Å². The van der Waals surface area contributed by atoms with Gasteiger partial charge in [-0.3, -0.25) is 0 Å².